The van der Waals surface area contributed by atoms with E-state index < -0.39 is 0 Å². The Kier molecular flexibility index (Phi) is 3.11. The fraction of sp³-hybridized carbons (Fsp3) is 0.583. The Bertz CT molecular complexity index is 539. The lowest BCUT2D eigenvalue weighted by Crippen LogP contribution is -2.30. The van der Waals surface area contributed by atoms with Crippen molar-refractivity contribution in [2.75, 3.05) is 30.9 Å². The molecule has 2 aromatic heterocycles. The van der Waals surface area contributed by atoms with Gasteiger partial charge in [-0.15, -0.1) is 0 Å². The van der Waals surface area contributed by atoms with Crippen molar-refractivity contribution in [3.05, 3.63) is 6.33 Å². The molecule has 0 aliphatic rings. The van der Waals surface area contributed by atoms with E-state index in [0.717, 1.165) is 17.9 Å². The Morgan fingerprint density at radius 2 is 2.06 bits per heavy atom. The second-order valence-electron chi connectivity index (χ2n) is 5.64. The van der Waals surface area contributed by atoms with E-state index in [1.54, 1.807) is 13.4 Å². The Hall–Kier alpha value is -1.85. The summed E-state index contributed by atoms with van der Waals surface area (Å²) in [5.41, 5.74) is 1.76. The molecule has 98 valence electrons. The highest BCUT2D eigenvalue weighted by atomic mass is 15.2. The standard InChI is InChI=1S/C12H20N6/c1-12(2,3)6-18(5)10-8-9(15-7-14-8)16-11(13-4)17-10/h7H,6H2,1-5H3,(H2,13,14,15,16,17). The molecule has 0 bridgehead atoms. The maximum Gasteiger partial charge on any atom is 0.226 e. The topological polar surface area (TPSA) is 69.7 Å². The highest BCUT2D eigenvalue weighted by Crippen LogP contribution is 2.24. The first-order chi connectivity index (χ1) is 8.40. The molecule has 0 saturated carbocycles. The molecule has 2 aromatic rings. The summed E-state index contributed by atoms with van der Waals surface area (Å²) in [7, 11) is 3.84. The second kappa shape index (κ2) is 4.44. The van der Waals surface area contributed by atoms with Crippen molar-refractivity contribution in [2.24, 2.45) is 5.41 Å². The van der Waals surface area contributed by atoms with E-state index in [4.69, 9.17) is 0 Å². The van der Waals surface area contributed by atoms with Crippen LogP contribution in [-0.2, 0) is 0 Å². The lowest BCUT2D eigenvalue weighted by atomic mass is 9.96. The van der Waals surface area contributed by atoms with Gasteiger partial charge in [0.15, 0.2) is 11.5 Å². The van der Waals surface area contributed by atoms with Crippen molar-refractivity contribution in [1.29, 1.82) is 0 Å². The molecule has 0 aromatic carbocycles. The summed E-state index contributed by atoms with van der Waals surface area (Å²) >= 11 is 0. The van der Waals surface area contributed by atoms with Crippen LogP contribution in [0, 0.1) is 5.41 Å². The molecule has 0 unspecified atom stereocenters. The smallest absolute Gasteiger partial charge is 0.226 e. The Morgan fingerprint density at radius 3 is 2.67 bits per heavy atom. The van der Waals surface area contributed by atoms with Gasteiger partial charge in [0.1, 0.15) is 5.52 Å². The average Bonchev–Trinajstić information content (AvgIpc) is 2.72. The summed E-state index contributed by atoms with van der Waals surface area (Å²) < 4.78 is 0. The van der Waals surface area contributed by atoms with E-state index in [9.17, 15) is 0 Å². The summed E-state index contributed by atoms with van der Waals surface area (Å²) in [6, 6.07) is 0. The third-order valence-corrected chi connectivity index (χ3v) is 2.56. The maximum absolute atomic E-state index is 4.51. The molecule has 0 fully saturated rings. The minimum atomic E-state index is 0.200. The third kappa shape index (κ3) is 2.52. The van der Waals surface area contributed by atoms with Crippen LogP contribution in [0.5, 0.6) is 0 Å². The number of anilines is 2. The van der Waals surface area contributed by atoms with Gasteiger partial charge >= 0.3 is 0 Å². The summed E-state index contributed by atoms with van der Waals surface area (Å²) in [6.45, 7) is 7.51. The van der Waals surface area contributed by atoms with Gasteiger partial charge in [0.2, 0.25) is 5.95 Å². The Labute approximate surface area is 107 Å². The minimum absolute atomic E-state index is 0.200. The quantitative estimate of drug-likeness (QED) is 0.868. The number of imidazole rings is 1. The van der Waals surface area contributed by atoms with Gasteiger partial charge in [-0.2, -0.15) is 9.97 Å². The number of nitrogens with one attached hydrogen (secondary N) is 2. The molecule has 0 amide bonds. The van der Waals surface area contributed by atoms with Gasteiger partial charge in [-0.05, 0) is 5.41 Å². The zero-order valence-electron chi connectivity index (χ0n) is 11.6. The number of hydrogen-bond acceptors (Lipinski definition) is 5. The number of aromatic nitrogens is 4. The molecule has 18 heavy (non-hydrogen) atoms. The van der Waals surface area contributed by atoms with Gasteiger partial charge in [0.25, 0.3) is 0 Å². The minimum Gasteiger partial charge on any atom is -0.357 e. The highest BCUT2D eigenvalue weighted by Gasteiger charge is 2.18. The molecule has 6 nitrogen and oxygen atoms in total. The van der Waals surface area contributed by atoms with Crippen LogP contribution >= 0.6 is 0 Å². The average molecular weight is 248 g/mol. The van der Waals surface area contributed by atoms with E-state index in [2.05, 4.69) is 50.9 Å². The number of H-pyrrole nitrogens is 1. The highest BCUT2D eigenvalue weighted by molar-refractivity contribution is 5.84. The number of hydrogen-bond donors (Lipinski definition) is 2. The van der Waals surface area contributed by atoms with E-state index >= 15 is 0 Å². The summed E-state index contributed by atoms with van der Waals surface area (Å²) in [6.07, 6.45) is 1.65. The van der Waals surface area contributed by atoms with Gasteiger partial charge in [-0.1, -0.05) is 20.8 Å². The van der Waals surface area contributed by atoms with Gasteiger partial charge in [-0.3, -0.25) is 0 Å². The SMILES string of the molecule is CNc1nc(N(C)CC(C)(C)C)c2[nH]cnc2n1. The predicted molar refractivity (Wildman–Crippen MR) is 74.0 cm³/mol. The van der Waals surface area contributed by atoms with Crippen LogP contribution in [0.1, 0.15) is 20.8 Å². The number of rotatable bonds is 3. The number of aromatic amines is 1. The number of fused-ring (bicyclic) bond motifs is 1. The van der Waals surface area contributed by atoms with Crippen LogP contribution < -0.4 is 10.2 Å². The van der Waals surface area contributed by atoms with Crippen molar-refractivity contribution in [3.8, 4) is 0 Å². The Morgan fingerprint density at radius 1 is 1.33 bits per heavy atom. The molecule has 0 atom stereocenters. The molecule has 0 aliphatic heterocycles. The predicted octanol–water partition coefficient (Wildman–Crippen LogP) is 1.88. The van der Waals surface area contributed by atoms with E-state index in [0.29, 0.717) is 11.6 Å². The van der Waals surface area contributed by atoms with Crippen LogP contribution in [0.4, 0.5) is 11.8 Å². The summed E-state index contributed by atoms with van der Waals surface area (Å²) in [4.78, 5) is 18.2. The summed E-state index contributed by atoms with van der Waals surface area (Å²) in [5, 5.41) is 2.96. The Balaban J connectivity index is 2.45. The van der Waals surface area contributed by atoms with E-state index in [1.165, 1.54) is 0 Å². The first-order valence-electron chi connectivity index (χ1n) is 6.01. The zero-order chi connectivity index (χ0) is 13.3. The van der Waals surface area contributed by atoms with Gasteiger partial charge < -0.3 is 15.2 Å². The second-order valence-corrected chi connectivity index (χ2v) is 5.64. The molecule has 0 saturated heterocycles. The van der Waals surface area contributed by atoms with Crippen molar-refractivity contribution in [3.63, 3.8) is 0 Å². The molecule has 0 radical (unpaired) electrons. The van der Waals surface area contributed by atoms with Crippen molar-refractivity contribution in [2.45, 2.75) is 20.8 Å². The number of nitrogens with zero attached hydrogens (tertiary/aromatic N) is 4. The summed E-state index contributed by atoms with van der Waals surface area (Å²) in [5.74, 6) is 1.46. The lowest BCUT2D eigenvalue weighted by molar-refractivity contribution is 0.418. The molecular formula is C12H20N6. The van der Waals surface area contributed by atoms with Crippen LogP contribution in [0.2, 0.25) is 0 Å². The first kappa shape index (κ1) is 12.6. The third-order valence-electron chi connectivity index (χ3n) is 2.56. The van der Waals surface area contributed by atoms with Crippen LogP contribution in [0.3, 0.4) is 0 Å². The molecule has 6 heteroatoms. The largest absolute Gasteiger partial charge is 0.357 e. The normalized spacial score (nSPS) is 11.8. The molecule has 0 spiro atoms. The fourth-order valence-corrected chi connectivity index (χ4v) is 1.99. The molecule has 0 aliphatic carbocycles. The fourth-order valence-electron chi connectivity index (χ4n) is 1.99. The van der Waals surface area contributed by atoms with Gasteiger partial charge in [0.05, 0.1) is 6.33 Å². The van der Waals surface area contributed by atoms with Crippen LogP contribution in [-0.4, -0.2) is 40.6 Å². The van der Waals surface area contributed by atoms with Crippen molar-refractivity contribution in [1.82, 2.24) is 19.9 Å². The molecule has 2 heterocycles. The van der Waals surface area contributed by atoms with Gasteiger partial charge in [-0.25, -0.2) is 4.98 Å². The van der Waals surface area contributed by atoms with E-state index in [1.807, 2.05) is 7.05 Å². The maximum atomic E-state index is 4.51. The van der Waals surface area contributed by atoms with Crippen LogP contribution in [0.15, 0.2) is 6.33 Å². The molecular weight excluding hydrogens is 228 g/mol. The molecule has 2 rings (SSSR count). The first-order valence-corrected chi connectivity index (χ1v) is 6.01. The zero-order valence-corrected chi connectivity index (χ0v) is 11.6. The molecule has 2 N–H and O–H groups in total. The van der Waals surface area contributed by atoms with Crippen molar-refractivity contribution < 1.29 is 0 Å². The van der Waals surface area contributed by atoms with Crippen LogP contribution in [0.25, 0.3) is 11.2 Å². The van der Waals surface area contributed by atoms with Gasteiger partial charge in [0, 0.05) is 20.6 Å². The van der Waals surface area contributed by atoms with Crippen molar-refractivity contribution >= 4 is 22.9 Å². The van der Waals surface area contributed by atoms with E-state index in [-0.39, 0.29) is 5.41 Å². The lowest BCUT2D eigenvalue weighted by Gasteiger charge is -2.27. The monoisotopic (exact) mass is 248 g/mol.